The lowest BCUT2D eigenvalue weighted by molar-refractivity contribution is 0.566. The van der Waals surface area contributed by atoms with Crippen molar-refractivity contribution >= 4 is 5.88 Å². The topological polar surface area (TPSA) is 38.1 Å². The van der Waals surface area contributed by atoms with Gasteiger partial charge < -0.3 is 9.73 Å². The van der Waals surface area contributed by atoms with Gasteiger partial charge in [0, 0.05) is 6.54 Å². The Morgan fingerprint density at radius 2 is 2.23 bits per heavy atom. The third kappa shape index (κ3) is 3.09. The molecular weight excluding hydrogens is 164 g/mol. The van der Waals surface area contributed by atoms with Gasteiger partial charge in [-0.2, -0.15) is 0 Å². The zero-order valence-electron chi connectivity index (χ0n) is 8.47. The van der Waals surface area contributed by atoms with Crippen molar-refractivity contribution in [2.75, 3.05) is 11.9 Å². The van der Waals surface area contributed by atoms with Crippen molar-refractivity contribution in [3.63, 3.8) is 0 Å². The average molecular weight is 182 g/mol. The summed E-state index contributed by atoms with van der Waals surface area (Å²) >= 11 is 0. The number of aromatic nitrogens is 1. The number of rotatable bonds is 6. The average Bonchev–Trinajstić information content (AvgIpc) is 2.54. The van der Waals surface area contributed by atoms with Crippen molar-refractivity contribution < 1.29 is 4.42 Å². The highest BCUT2D eigenvalue weighted by molar-refractivity contribution is 5.35. The molecule has 0 aliphatic heterocycles. The first-order valence-electron chi connectivity index (χ1n) is 5.04. The molecule has 0 bridgehead atoms. The molecule has 0 atom stereocenters. The second-order valence-corrected chi connectivity index (χ2v) is 3.16. The van der Waals surface area contributed by atoms with Gasteiger partial charge in [0.2, 0.25) is 5.88 Å². The lowest BCUT2D eigenvalue weighted by Crippen LogP contribution is -2.02. The highest BCUT2D eigenvalue weighted by atomic mass is 16.4. The minimum atomic E-state index is 0.857. The third-order valence-corrected chi connectivity index (χ3v) is 1.94. The fourth-order valence-corrected chi connectivity index (χ4v) is 1.21. The molecule has 0 amide bonds. The van der Waals surface area contributed by atoms with Crippen LogP contribution in [0.3, 0.4) is 0 Å². The molecule has 3 heteroatoms. The van der Waals surface area contributed by atoms with Crippen molar-refractivity contribution in [1.29, 1.82) is 0 Å². The smallest absolute Gasteiger partial charge is 0.216 e. The van der Waals surface area contributed by atoms with Crippen LogP contribution in [0.15, 0.2) is 10.8 Å². The number of hydrogen-bond acceptors (Lipinski definition) is 3. The summed E-state index contributed by atoms with van der Waals surface area (Å²) in [6.07, 6.45) is 5.98. The second-order valence-electron chi connectivity index (χ2n) is 3.16. The van der Waals surface area contributed by atoms with Crippen LogP contribution in [0.25, 0.3) is 0 Å². The molecule has 0 aliphatic carbocycles. The number of unbranched alkanes of at least 4 members (excludes halogenated alkanes) is 1. The Balaban J connectivity index is 2.40. The maximum absolute atomic E-state index is 5.24. The van der Waals surface area contributed by atoms with Crippen LogP contribution in [0.4, 0.5) is 5.88 Å². The fourth-order valence-electron chi connectivity index (χ4n) is 1.21. The summed E-state index contributed by atoms with van der Waals surface area (Å²) in [7, 11) is 0. The van der Waals surface area contributed by atoms with E-state index in [1.54, 1.807) is 0 Å². The number of hydrogen-bond donors (Lipinski definition) is 1. The van der Waals surface area contributed by atoms with Gasteiger partial charge in [-0.3, -0.25) is 0 Å². The van der Waals surface area contributed by atoms with Gasteiger partial charge in [-0.25, -0.2) is 4.98 Å². The molecule has 13 heavy (non-hydrogen) atoms. The van der Waals surface area contributed by atoms with Gasteiger partial charge in [0.15, 0.2) is 6.39 Å². The second kappa shape index (κ2) is 5.62. The molecule has 1 rings (SSSR count). The summed E-state index contributed by atoms with van der Waals surface area (Å²) in [5, 5.41) is 3.25. The predicted molar refractivity (Wildman–Crippen MR) is 53.9 cm³/mol. The van der Waals surface area contributed by atoms with E-state index in [9.17, 15) is 0 Å². The van der Waals surface area contributed by atoms with Gasteiger partial charge in [0.25, 0.3) is 0 Å². The van der Waals surface area contributed by atoms with Crippen LogP contribution in [0.5, 0.6) is 0 Å². The van der Waals surface area contributed by atoms with Crippen LogP contribution < -0.4 is 5.32 Å². The first-order valence-corrected chi connectivity index (χ1v) is 5.04. The molecule has 74 valence electrons. The van der Waals surface area contributed by atoms with Crippen molar-refractivity contribution in [3.8, 4) is 0 Å². The molecule has 3 nitrogen and oxygen atoms in total. The third-order valence-electron chi connectivity index (χ3n) is 1.94. The number of oxazole rings is 1. The number of nitrogens with one attached hydrogen (secondary N) is 1. The molecule has 0 saturated carbocycles. The van der Waals surface area contributed by atoms with Crippen molar-refractivity contribution in [2.24, 2.45) is 0 Å². The molecule has 0 aromatic carbocycles. The minimum Gasteiger partial charge on any atom is -0.428 e. The standard InChI is InChI=1S/C10H18N2O/c1-3-5-7-11-10-9(6-4-2)12-8-13-10/h8,11H,3-7H2,1-2H3. The Kier molecular flexibility index (Phi) is 4.36. The predicted octanol–water partition coefficient (Wildman–Crippen LogP) is 2.84. The first-order chi connectivity index (χ1) is 6.38. The number of nitrogens with zero attached hydrogens (tertiary/aromatic N) is 1. The molecule has 1 heterocycles. The Morgan fingerprint density at radius 3 is 2.92 bits per heavy atom. The van der Waals surface area contributed by atoms with Gasteiger partial charge >= 0.3 is 0 Å². The molecule has 1 aromatic heterocycles. The van der Waals surface area contributed by atoms with Crippen molar-refractivity contribution in [3.05, 3.63) is 12.1 Å². The van der Waals surface area contributed by atoms with E-state index in [1.807, 2.05) is 0 Å². The number of aryl methyl sites for hydroxylation is 1. The zero-order valence-corrected chi connectivity index (χ0v) is 8.47. The molecule has 0 aliphatic rings. The molecule has 1 aromatic rings. The molecule has 1 N–H and O–H groups in total. The van der Waals surface area contributed by atoms with Gasteiger partial charge in [-0.05, 0) is 12.8 Å². The normalized spacial score (nSPS) is 10.3. The summed E-state index contributed by atoms with van der Waals surface area (Å²) < 4.78 is 5.24. The minimum absolute atomic E-state index is 0.857. The maximum Gasteiger partial charge on any atom is 0.216 e. The van der Waals surface area contributed by atoms with E-state index >= 15 is 0 Å². The molecule has 0 saturated heterocycles. The molecule has 0 radical (unpaired) electrons. The largest absolute Gasteiger partial charge is 0.428 e. The van der Waals surface area contributed by atoms with E-state index in [1.165, 1.54) is 19.2 Å². The maximum atomic E-state index is 5.24. The van der Waals surface area contributed by atoms with E-state index in [2.05, 4.69) is 24.1 Å². The van der Waals surface area contributed by atoms with Crippen molar-refractivity contribution in [1.82, 2.24) is 4.98 Å². The van der Waals surface area contributed by atoms with Crippen LogP contribution in [0.2, 0.25) is 0 Å². The van der Waals surface area contributed by atoms with E-state index in [0.29, 0.717) is 0 Å². The fraction of sp³-hybridized carbons (Fsp3) is 0.700. The van der Waals surface area contributed by atoms with Gasteiger partial charge in [0.1, 0.15) is 5.69 Å². The van der Waals surface area contributed by atoms with Crippen LogP contribution >= 0.6 is 0 Å². The van der Waals surface area contributed by atoms with E-state index < -0.39 is 0 Å². The monoisotopic (exact) mass is 182 g/mol. The molecular formula is C10H18N2O. The molecule has 0 fully saturated rings. The Morgan fingerprint density at radius 1 is 1.38 bits per heavy atom. The summed E-state index contributed by atoms with van der Waals surface area (Å²) in [5.74, 6) is 0.857. The van der Waals surface area contributed by atoms with Crippen LogP contribution in [0.1, 0.15) is 38.8 Å². The van der Waals surface area contributed by atoms with Gasteiger partial charge in [0.05, 0.1) is 0 Å². The zero-order chi connectivity index (χ0) is 9.52. The van der Waals surface area contributed by atoms with E-state index in [0.717, 1.165) is 31.0 Å². The SMILES string of the molecule is CCCCNc1ocnc1CCC. The Hall–Kier alpha value is -0.990. The quantitative estimate of drug-likeness (QED) is 0.687. The summed E-state index contributed by atoms with van der Waals surface area (Å²) in [4.78, 5) is 4.16. The summed E-state index contributed by atoms with van der Waals surface area (Å²) in [6.45, 7) is 5.29. The molecule has 0 spiro atoms. The van der Waals surface area contributed by atoms with Crippen LogP contribution in [0, 0.1) is 0 Å². The summed E-state index contributed by atoms with van der Waals surface area (Å²) in [5.41, 5.74) is 1.05. The highest BCUT2D eigenvalue weighted by Crippen LogP contribution is 2.14. The van der Waals surface area contributed by atoms with Crippen LogP contribution in [-0.2, 0) is 6.42 Å². The first kappa shape index (κ1) is 10.1. The van der Waals surface area contributed by atoms with Gasteiger partial charge in [-0.15, -0.1) is 0 Å². The van der Waals surface area contributed by atoms with E-state index in [-0.39, 0.29) is 0 Å². The Bertz CT molecular complexity index is 233. The Labute approximate surface area is 79.5 Å². The lowest BCUT2D eigenvalue weighted by atomic mass is 10.2. The van der Waals surface area contributed by atoms with Gasteiger partial charge in [-0.1, -0.05) is 26.7 Å². The summed E-state index contributed by atoms with van der Waals surface area (Å²) in [6, 6.07) is 0. The highest BCUT2D eigenvalue weighted by Gasteiger charge is 2.05. The lowest BCUT2D eigenvalue weighted by Gasteiger charge is -2.02. The molecule has 0 unspecified atom stereocenters. The van der Waals surface area contributed by atoms with Crippen molar-refractivity contribution in [2.45, 2.75) is 39.5 Å². The van der Waals surface area contributed by atoms with Crippen LogP contribution in [-0.4, -0.2) is 11.5 Å². The number of anilines is 1. The van der Waals surface area contributed by atoms with E-state index in [4.69, 9.17) is 4.42 Å².